The van der Waals surface area contributed by atoms with Crippen LogP contribution in [0.2, 0.25) is 0 Å². The van der Waals surface area contributed by atoms with Gasteiger partial charge in [0.1, 0.15) is 11.9 Å². The van der Waals surface area contributed by atoms with Crippen molar-refractivity contribution in [3.05, 3.63) is 51.7 Å². The monoisotopic (exact) mass is 273 g/mol. The van der Waals surface area contributed by atoms with E-state index in [9.17, 15) is 0 Å². The van der Waals surface area contributed by atoms with E-state index in [4.69, 9.17) is 4.74 Å². The molecular weight excluding hydrogens is 254 g/mol. The van der Waals surface area contributed by atoms with Gasteiger partial charge in [-0.25, -0.2) is 0 Å². The smallest absolute Gasteiger partial charge is 0.135 e. The van der Waals surface area contributed by atoms with Crippen LogP contribution in [0.1, 0.15) is 41.5 Å². The molecule has 0 spiro atoms. The highest BCUT2D eigenvalue weighted by molar-refractivity contribution is 7.10. The molecule has 2 nitrogen and oxygen atoms in total. The molecule has 0 aliphatic carbocycles. The Kier molecular flexibility index (Phi) is 3.58. The molecule has 1 N–H and O–H groups in total. The molecule has 2 unspecified atom stereocenters. The lowest BCUT2D eigenvalue weighted by atomic mass is 9.94. The van der Waals surface area contributed by atoms with Gasteiger partial charge in [0, 0.05) is 22.9 Å². The van der Waals surface area contributed by atoms with E-state index < -0.39 is 0 Å². The summed E-state index contributed by atoms with van der Waals surface area (Å²) < 4.78 is 6.18. The van der Waals surface area contributed by atoms with E-state index in [1.165, 1.54) is 16.0 Å². The Morgan fingerprint density at radius 2 is 2.26 bits per heavy atom. The first kappa shape index (κ1) is 12.7. The third-order valence-electron chi connectivity index (χ3n) is 3.57. The van der Waals surface area contributed by atoms with Gasteiger partial charge in [-0.15, -0.1) is 11.3 Å². The van der Waals surface area contributed by atoms with Gasteiger partial charge in [0.25, 0.3) is 0 Å². The summed E-state index contributed by atoms with van der Waals surface area (Å²) in [6.45, 7) is 5.27. The fraction of sp³-hybridized carbons (Fsp3) is 0.375. The number of hydrogen-bond acceptors (Lipinski definition) is 3. The Bertz CT molecular complexity index is 550. The molecule has 0 radical (unpaired) electrons. The predicted molar refractivity (Wildman–Crippen MR) is 79.9 cm³/mol. The highest BCUT2D eigenvalue weighted by Gasteiger charge is 2.29. The zero-order valence-electron chi connectivity index (χ0n) is 11.3. The quantitative estimate of drug-likeness (QED) is 0.903. The molecule has 1 aromatic heterocycles. The number of hydrogen-bond donors (Lipinski definition) is 1. The molecule has 2 heterocycles. The Morgan fingerprint density at radius 3 is 3.00 bits per heavy atom. The van der Waals surface area contributed by atoms with Crippen molar-refractivity contribution in [3.63, 3.8) is 0 Å². The van der Waals surface area contributed by atoms with Crippen molar-refractivity contribution in [2.75, 3.05) is 6.54 Å². The van der Waals surface area contributed by atoms with E-state index in [-0.39, 0.29) is 6.10 Å². The van der Waals surface area contributed by atoms with Crippen molar-refractivity contribution >= 4 is 11.3 Å². The fourth-order valence-corrected chi connectivity index (χ4v) is 3.45. The minimum absolute atomic E-state index is 0.180. The fourth-order valence-electron chi connectivity index (χ4n) is 2.68. The Hall–Kier alpha value is -1.32. The maximum Gasteiger partial charge on any atom is 0.135 e. The lowest BCUT2D eigenvalue weighted by Crippen LogP contribution is -2.28. The number of benzene rings is 1. The highest BCUT2D eigenvalue weighted by Crippen LogP contribution is 2.42. The normalized spacial score (nSPS) is 21.8. The molecule has 0 saturated carbocycles. The van der Waals surface area contributed by atoms with Gasteiger partial charge in [0.05, 0.1) is 0 Å². The minimum Gasteiger partial charge on any atom is -0.484 e. The van der Waals surface area contributed by atoms with Gasteiger partial charge in [0.2, 0.25) is 0 Å². The van der Waals surface area contributed by atoms with Crippen molar-refractivity contribution < 1.29 is 4.74 Å². The average Bonchev–Trinajstić information content (AvgIpc) is 2.93. The summed E-state index contributed by atoms with van der Waals surface area (Å²) in [4.78, 5) is 1.31. The first-order valence-electron chi connectivity index (χ1n) is 6.82. The van der Waals surface area contributed by atoms with E-state index in [2.05, 4.69) is 54.9 Å². The second-order valence-corrected chi connectivity index (χ2v) is 5.99. The Labute approximate surface area is 118 Å². The van der Waals surface area contributed by atoms with Crippen molar-refractivity contribution in [1.82, 2.24) is 5.32 Å². The van der Waals surface area contributed by atoms with Gasteiger partial charge in [-0.3, -0.25) is 0 Å². The maximum atomic E-state index is 6.18. The molecule has 0 bridgehead atoms. The summed E-state index contributed by atoms with van der Waals surface area (Å²) in [5.74, 6) is 1.03. The summed E-state index contributed by atoms with van der Waals surface area (Å²) >= 11 is 1.77. The van der Waals surface area contributed by atoms with Gasteiger partial charge in [-0.2, -0.15) is 0 Å². The lowest BCUT2D eigenvalue weighted by molar-refractivity contribution is 0.155. The van der Waals surface area contributed by atoms with Gasteiger partial charge in [-0.1, -0.05) is 30.7 Å². The van der Waals surface area contributed by atoms with Gasteiger partial charge >= 0.3 is 0 Å². The zero-order valence-corrected chi connectivity index (χ0v) is 12.2. The Balaban J connectivity index is 1.95. The van der Waals surface area contributed by atoms with Crippen LogP contribution in [0, 0.1) is 6.92 Å². The third kappa shape index (κ3) is 2.53. The van der Waals surface area contributed by atoms with E-state index >= 15 is 0 Å². The van der Waals surface area contributed by atoms with Crippen molar-refractivity contribution in [1.29, 1.82) is 0 Å². The van der Waals surface area contributed by atoms with Crippen molar-refractivity contribution in [2.45, 2.75) is 32.4 Å². The molecule has 3 rings (SSSR count). The molecule has 0 saturated heterocycles. The summed E-state index contributed by atoms with van der Waals surface area (Å²) in [5.41, 5.74) is 2.59. The first-order chi connectivity index (χ1) is 9.28. The van der Waals surface area contributed by atoms with E-state index in [1.54, 1.807) is 11.3 Å². The van der Waals surface area contributed by atoms with Crippen LogP contribution in [-0.2, 0) is 0 Å². The second-order valence-electron chi connectivity index (χ2n) is 5.01. The molecule has 1 aliphatic heterocycles. The first-order valence-corrected chi connectivity index (χ1v) is 7.70. The summed E-state index contributed by atoms with van der Waals surface area (Å²) in [5, 5.41) is 5.70. The second kappa shape index (κ2) is 5.35. The highest BCUT2D eigenvalue weighted by atomic mass is 32.1. The predicted octanol–water partition coefficient (Wildman–Crippen LogP) is 4.23. The number of ether oxygens (including phenoxy) is 1. The topological polar surface area (TPSA) is 21.3 Å². The van der Waals surface area contributed by atoms with Gasteiger partial charge < -0.3 is 10.1 Å². The average molecular weight is 273 g/mol. The number of thiophene rings is 1. The van der Waals surface area contributed by atoms with Crippen LogP contribution < -0.4 is 10.1 Å². The number of nitrogens with one attached hydrogen (secondary N) is 1. The zero-order chi connectivity index (χ0) is 13.2. The molecule has 19 heavy (non-hydrogen) atoms. The van der Waals surface area contributed by atoms with Crippen LogP contribution >= 0.6 is 11.3 Å². The maximum absolute atomic E-state index is 6.18. The summed E-state index contributed by atoms with van der Waals surface area (Å²) in [7, 11) is 0. The summed E-state index contributed by atoms with van der Waals surface area (Å²) in [6.07, 6.45) is 1.18. The molecule has 2 aromatic rings. The van der Waals surface area contributed by atoms with Crippen LogP contribution in [0.15, 0.2) is 35.7 Å². The van der Waals surface area contributed by atoms with Crippen molar-refractivity contribution in [2.24, 2.45) is 0 Å². The Morgan fingerprint density at radius 1 is 1.37 bits per heavy atom. The number of rotatable bonds is 3. The van der Waals surface area contributed by atoms with E-state index in [0.717, 1.165) is 18.7 Å². The van der Waals surface area contributed by atoms with E-state index in [0.29, 0.717) is 6.04 Å². The van der Waals surface area contributed by atoms with E-state index in [1.807, 2.05) is 0 Å². The van der Waals surface area contributed by atoms with Gasteiger partial charge in [0.15, 0.2) is 0 Å². The minimum atomic E-state index is 0.180. The number of fused-ring (bicyclic) bond motifs is 1. The van der Waals surface area contributed by atoms with Crippen LogP contribution in [0.4, 0.5) is 0 Å². The summed E-state index contributed by atoms with van der Waals surface area (Å²) in [6, 6.07) is 11.1. The molecule has 3 heteroatoms. The van der Waals surface area contributed by atoms with Crippen LogP contribution in [0.25, 0.3) is 0 Å². The third-order valence-corrected chi connectivity index (χ3v) is 4.54. The van der Waals surface area contributed by atoms with Crippen LogP contribution in [-0.4, -0.2) is 6.54 Å². The number of aryl methyl sites for hydroxylation is 1. The van der Waals surface area contributed by atoms with Crippen LogP contribution in [0.3, 0.4) is 0 Å². The largest absolute Gasteiger partial charge is 0.484 e. The van der Waals surface area contributed by atoms with Gasteiger partial charge in [-0.05, 0) is 31.0 Å². The molecule has 2 atom stereocenters. The molecule has 0 amide bonds. The van der Waals surface area contributed by atoms with Crippen LogP contribution in [0.5, 0.6) is 5.75 Å². The lowest BCUT2D eigenvalue weighted by Gasteiger charge is -2.32. The SMILES string of the molecule is CCNC1CC(c2cccs2)Oc2ccc(C)cc21. The molecule has 1 aromatic carbocycles. The molecule has 0 fully saturated rings. The molecule has 1 aliphatic rings. The molecular formula is C16H19NOS. The standard InChI is InChI=1S/C16H19NOS/c1-3-17-13-10-15(16-5-4-8-19-16)18-14-7-6-11(2)9-12(13)14/h4-9,13,15,17H,3,10H2,1-2H3. The van der Waals surface area contributed by atoms with Crippen molar-refractivity contribution in [3.8, 4) is 5.75 Å². The molecule has 100 valence electrons.